The Labute approximate surface area is 180 Å². The van der Waals surface area contributed by atoms with E-state index in [1.165, 1.54) is 5.39 Å². The Morgan fingerprint density at radius 2 is 1.94 bits per heavy atom. The molecule has 4 rings (SSSR count). The highest BCUT2D eigenvalue weighted by molar-refractivity contribution is 5.89. The van der Waals surface area contributed by atoms with Gasteiger partial charge in [-0.1, -0.05) is 18.2 Å². The minimum atomic E-state index is -0.695. The number of nitrogens with one attached hydrogen (secondary N) is 2. The lowest BCUT2D eigenvalue weighted by molar-refractivity contribution is -0.127. The number of ether oxygens (including phenoxy) is 1. The van der Waals surface area contributed by atoms with E-state index in [2.05, 4.69) is 16.4 Å². The lowest BCUT2D eigenvalue weighted by atomic mass is 10.0. The number of benzene rings is 2. The van der Waals surface area contributed by atoms with Crippen LogP contribution < -0.4 is 15.7 Å². The van der Waals surface area contributed by atoms with Gasteiger partial charge in [0.05, 0.1) is 5.39 Å². The number of aromatic amines is 1. The van der Waals surface area contributed by atoms with Crippen LogP contribution in [0.4, 0.5) is 0 Å². The molecule has 31 heavy (non-hydrogen) atoms. The summed E-state index contributed by atoms with van der Waals surface area (Å²) in [6.07, 6.45) is 2.01. The van der Waals surface area contributed by atoms with Crippen LogP contribution in [0.1, 0.15) is 29.2 Å². The normalized spacial score (nSPS) is 12.3. The molecule has 2 aromatic heterocycles. The molecule has 0 bridgehead atoms. The zero-order chi connectivity index (χ0) is 22.1. The number of carbonyl (C=O) groups is 1. The SMILES string of the molecule is Cc1cc(OC(C)C(=O)NCCc2c[nH]c3ccccc23)c2c(C)c(C)c(=O)oc2c1. The fourth-order valence-corrected chi connectivity index (χ4v) is 3.83. The molecular weight excluding hydrogens is 392 g/mol. The van der Waals surface area contributed by atoms with Gasteiger partial charge in [-0.15, -0.1) is 0 Å². The molecule has 2 aromatic carbocycles. The predicted octanol–water partition coefficient (Wildman–Crippen LogP) is 4.33. The Hall–Kier alpha value is -3.54. The molecule has 6 nitrogen and oxygen atoms in total. The molecule has 1 unspecified atom stereocenters. The molecule has 160 valence electrons. The Morgan fingerprint density at radius 3 is 2.74 bits per heavy atom. The Kier molecular flexibility index (Phi) is 5.55. The second-order valence-corrected chi connectivity index (χ2v) is 7.94. The molecule has 1 amide bonds. The van der Waals surface area contributed by atoms with Crippen LogP contribution in [-0.2, 0) is 11.2 Å². The van der Waals surface area contributed by atoms with Gasteiger partial charge in [0.25, 0.3) is 5.91 Å². The summed E-state index contributed by atoms with van der Waals surface area (Å²) in [5.74, 6) is 0.347. The second kappa shape index (κ2) is 8.30. The van der Waals surface area contributed by atoms with E-state index < -0.39 is 6.10 Å². The maximum absolute atomic E-state index is 12.6. The minimum absolute atomic E-state index is 0.193. The van der Waals surface area contributed by atoms with Crippen molar-refractivity contribution in [1.82, 2.24) is 10.3 Å². The van der Waals surface area contributed by atoms with Crippen LogP contribution in [-0.4, -0.2) is 23.5 Å². The largest absolute Gasteiger partial charge is 0.480 e. The number of aryl methyl sites for hydroxylation is 2. The summed E-state index contributed by atoms with van der Waals surface area (Å²) >= 11 is 0. The first-order valence-corrected chi connectivity index (χ1v) is 10.4. The molecule has 1 atom stereocenters. The average molecular weight is 418 g/mol. The maximum Gasteiger partial charge on any atom is 0.339 e. The van der Waals surface area contributed by atoms with E-state index >= 15 is 0 Å². The topological polar surface area (TPSA) is 84.3 Å². The summed E-state index contributed by atoms with van der Waals surface area (Å²) in [5.41, 5.74) is 4.59. The van der Waals surface area contributed by atoms with E-state index in [0.29, 0.717) is 23.4 Å². The van der Waals surface area contributed by atoms with Gasteiger partial charge in [0.15, 0.2) is 6.10 Å². The smallest absolute Gasteiger partial charge is 0.339 e. The second-order valence-electron chi connectivity index (χ2n) is 7.94. The highest BCUT2D eigenvalue weighted by Gasteiger charge is 2.19. The lowest BCUT2D eigenvalue weighted by Gasteiger charge is -2.18. The number of rotatable bonds is 6. The van der Waals surface area contributed by atoms with Crippen LogP contribution in [0.3, 0.4) is 0 Å². The van der Waals surface area contributed by atoms with Gasteiger partial charge >= 0.3 is 5.63 Å². The first-order chi connectivity index (χ1) is 14.8. The summed E-state index contributed by atoms with van der Waals surface area (Å²) < 4.78 is 11.5. The van der Waals surface area contributed by atoms with Crippen molar-refractivity contribution in [3.8, 4) is 5.75 Å². The van der Waals surface area contributed by atoms with Crippen molar-refractivity contribution >= 4 is 27.8 Å². The molecule has 0 saturated carbocycles. The van der Waals surface area contributed by atoms with E-state index in [0.717, 1.165) is 34.0 Å². The quantitative estimate of drug-likeness (QED) is 0.457. The zero-order valence-corrected chi connectivity index (χ0v) is 18.2. The molecule has 0 aliphatic carbocycles. The highest BCUT2D eigenvalue weighted by atomic mass is 16.5. The van der Waals surface area contributed by atoms with Gasteiger partial charge in [-0.25, -0.2) is 4.79 Å². The Morgan fingerprint density at radius 1 is 1.16 bits per heavy atom. The number of H-pyrrole nitrogens is 1. The van der Waals surface area contributed by atoms with Crippen molar-refractivity contribution in [3.05, 3.63) is 75.3 Å². The van der Waals surface area contributed by atoms with Crippen molar-refractivity contribution < 1.29 is 13.9 Å². The molecule has 0 aliphatic rings. The fourth-order valence-electron chi connectivity index (χ4n) is 3.83. The molecular formula is C25H26N2O4. The summed E-state index contributed by atoms with van der Waals surface area (Å²) in [6.45, 7) is 7.72. The monoisotopic (exact) mass is 418 g/mol. The lowest BCUT2D eigenvalue weighted by Crippen LogP contribution is -2.37. The third-order valence-electron chi connectivity index (χ3n) is 5.70. The average Bonchev–Trinajstić information content (AvgIpc) is 3.14. The molecule has 0 spiro atoms. The third-order valence-corrected chi connectivity index (χ3v) is 5.70. The van der Waals surface area contributed by atoms with Gasteiger partial charge in [-0.05, 0) is 69.0 Å². The minimum Gasteiger partial charge on any atom is -0.480 e. The van der Waals surface area contributed by atoms with E-state index in [-0.39, 0.29) is 11.5 Å². The van der Waals surface area contributed by atoms with E-state index in [9.17, 15) is 9.59 Å². The van der Waals surface area contributed by atoms with Gasteiger partial charge < -0.3 is 19.5 Å². The van der Waals surface area contributed by atoms with Crippen LogP contribution in [0.25, 0.3) is 21.9 Å². The van der Waals surface area contributed by atoms with Crippen LogP contribution in [0.2, 0.25) is 0 Å². The first-order valence-electron chi connectivity index (χ1n) is 10.4. The van der Waals surface area contributed by atoms with Gasteiger partial charge in [-0.3, -0.25) is 4.79 Å². The predicted molar refractivity (Wildman–Crippen MR) is 122 cm³/mol. The van der Waals surface area contributed by atoms with Gasteiger partial charge in [0.2, 0.25) is 0 Å². The number of para-hydroxylation sites is 1. The molecule has 4 aromatic rings. The number of carbonyl (C=O) groups excluding carboxylic acids is 1. The Balaban J connectivity index is 1.47. The van der Waals surface area contributed by atoms with Crippen molar-refractivity contribution in [2.45, 2.75) is 40.2 Å². The summed E-state index contributed by atoms with van der Waals surface area (Å²) in [7, 11) is 0. The number of fused-ring (bicyclic) bond motifs is 2. The molecule has 0 saturated heterocycles. The van der Waals surface area contributed by atoms with Gasteiger partial charge in [0.1, 0.15) is 11.3 Å². The number of amides is 1. The molecule has 0 fully saturated rings. The highest BCUT2D eigenvalue weighted by Crippen LogP contribution is 2.31. The number of hydrogen-bond donors (Lipinski definition) is 2. The summed E-state index contributed by atoms with van der Waals surface area (Å²) in [6, 6.07) is 11.8. The standard InChI is InChI=1S/C25H26N2O4/c1-14-11-21(23-15(2)16(3)25(29)31-22(23)12-14)30-17(4)24(28)26-10-9-18-13-27-20-8-6-5-7-19(18)20/h5-8,11-13,17,27H,9-10H2,1-4H3,(H,26,28). The van der Waals surface area contributed by atoms with Gasteiger partial charge in [-0.2, -0.15) is 0 Å². The number of hydrogen-bond acceptors (Lipinski definition) is 4. The fraction of sp³-hybridized carbons (Fsp3) is 0.280. The van der Waals surface area contributed by atoms with Crippen molar-refractivity contribution in [3.63, 3.8) is 0 Å². The van der Waals surface area contributed by atoms with Crippen molar-refractivity contribution in [2.24, 2.45) is 0 Å². The van der Waals surface area contributed by atoms with Crippen LogP contribution in [0, 0.1) is 20.8 Å². The zero-order valence-electron chi connectivity index (χ0n) is 18.2. The van der Waals surface area contributed by atoms with E-state index in [4.69, 9.17) is 9.15 Å². The van der Waals surface area contributed by atoms with Crippen LogP contribution in [0.15, 0.2) is 51.8 Å². The summed E-state index contributed by atoms with van der Waals surface area (Å²) in [4.78, 5) is 27.9. The van der Waals surface area contributed by atoms with Crippen LogP contribution >= 0.6 is 0 Å². The van der Waals surface area contributed by atoms with Crippen molar-refractivity contribution in [2.75, 3.05) is 6.54 Å². The molecule has 2 N–H and O–H groups in total. The van der Waals surface area contributed by atoms with E-state index in [1.807, 2.05) is 50.4 Å². The third kappa shape index (κ3) is 4.06. The molecule has 6 heteroatoms. The first kappa shape index (κ1) is 20.7. The van der Waals surface area contributed by atoms with Crippen molar-refractivity contribution in [1.29, 1.82) is 0 Å². The van der Waals surface area contributed by atoms with E-state index in [1.54, 1.807) is 13.8 Å². The van der Waals surface area contributed by atoms with Gasteiger partial charge in [0, 0.05) is 29.2 Å². The Bertz CT molecular complexity index is 1330. The molecule has 0 aliphatic heterocycles. The number of aromatic nitrogens is 1. The van der Waals surface area contributed by atoms with Crippen LogP contribution in [0.5, 0.6) is 5.75 Å². The molecule has 0 radical (unpaired) electrons. The summed E-state index contributed by atoms with van der Waals surface area (Å²) in [5, 5.41) is 4.84. The maximum atomic E-state index is 12.6. The molecule has 2 heterocycles.